The summed E-state index contributed by atoms with van der Waals surface area (Å²) < 4.78 is 0. The molecule has 2 aromatic heterocycles. The molecule has 0 aliphatic carbocycles. The van der Waals surface area contributed by atoms with E-state index in [0.717, 1.165) is 10.6 Å². The third-order valence-electron chi connectivity index (χ3n) is 2.82. The molecule has 0 fully saturated rings. The van der Waals surface area contributed by atoms with E-state index in [-0.39, 0.29) is 0 Å². The minimum absolute atomic E-state index is 0.418. The van der Waals surface area contributed by atoms with Crippen LogP contribution in [0, 0.1) is 6.92 Å². The van der Waals surface area contributed by atoms with Crippen LogP contribution >= 0.6 is 22.9 Å². The number of nitrogens with zero attached hydrogens (tertiary/aromatic N) is 3. The Kier molecular flexibility index (Phi) is 4.13. The van der Waals surface area contributed by atoms with Gasteiger partial charge in [0, 0.05) is 22.7 Å². The van der Waals surface area contributed by atoms with Gasteiger partial charge in [-0.2, -0.15) is 0 Å². The van der Waals surface area contributed by atoms with E-state index >= 15 is 0 Å². The monoisotopic (exact) mass is 316 g/mol. The molecule has 0 aliphatic rings. The van der Waals surface area contributed by atoms with Crippen LogP contribution in [0.2, 0.25) is 5.15 Å². The average molecular weight is 317 g/mol. The van der Waals surface area contributed by atoms with E-state index in [0.29, 0.717) is 23.3 Å². The zero-order valence-electron chi connectivity index (χ0n) is 11.4. The smallest absolute Gasteiger partial charge is 0.163 e. The maximum atomic E-state index is 6.08. The van der Waals surface area contributed by atoms with Crippen LogP contribution in [0.25, 0.3) is 11.4 Å². The molecule has 1 aromatic carbocycles. The van der Waals surface area contributed by atoms with Gasteiger partial charge in [0.25, 0.3) is 0 Å². The fourth-order valence-electron chi connectivity index (χ4n) is 1.87. The van der Waals surface area contributed by atoms with E-state index < -0.39 is 0 Å². The maximum Gasteiger partial charge on any atom is 0.163 e. The first-order valence-electron chi connectivity index (χ1n) is 6.46. The van der Waals surface area contributed by atoms with Crippen LogP contribution in [0.4, 0.5) is 5.82 Å². The number of aryl methyl sites for hydroxylation is 1. The van der Waals surface area contributed by atoms with Gasteiger partial charge in [-0.3, -0.25) is 0 Å². The van der Waals surface area contributed by atoms with E-state index in [1.54, 1.807) is 17.4 Å². The van der Waals surface area contributed by atoms with Gasteiger partial charge in [-0.1, -0.05) is 41.9 Å². The largest absolute Gasteiger partial charge is 0.363 e. The second-order valence-corrected chi connectivity index (χ2v) is 6.19. The highest BCUT2D eigenvalue weighted by molar-refractivity contribution is 7.11. The third-order valence-corrected chi connectivity index (χ3v) is 3.92. The van der Waals surface area contributed by atoms with E-state index in [1.807, 2.05) is 43.5 Å². The Balaban J connectivity index is 1.81. The number of thiazole rings is 1. The highest BCUT2D eigenvalue weighted by Crippen LogP contribution is 2.21. The zero-order valence-corrected chi connectivity index (χ0v) is 12.9. The van der Waals surface area contributed by atoms with Gasteiger partial charge >= 0.3 is 0 Å². The standard InChI is InChI=1S/C15H13ClN4S/c1-10-8-18-14(21-10)9-17-13-7-12(16)19-15(20-13)11-5-3-2-4-6-11/h2-8H,9H2,1H3,(H,17,19,20). The molecule has 6 heteroatoms. The fourth-order valence-corrected chi connectivity index (χ4v) is 2.78. The van der Waals surface area contributed by atoms with Crippen molar-refractivity contribution in [3.63, 3.8) is 0 Å². The lowest BCUT2D eigenvalue weighted by molar-refractivity contribution is 1.06. The second-order valence-electron chi connectivity index (χ2n) is 4.48. The number of anilines is 1. The summed E-state index contributed by atoms with van der Waals surface area (Å²) in [4.78, 5) is 14.3. The van der Waals surface area contributed by atoms with Gasteiger partial charge in [-0.15, -0.1) is 11.3 Å². The number of hydrogen-bond acceptors (Lipinski definition) is 5. The number of rotatable bonds is 4. The van der Waals surface area contributed by atoms with Gasteiger partial charge in [0.15, 0.2) is 5.82 Å². The molecule has 0 radical (unpaired) electrons. The summed E-state index contributed by atoms with van der Waals surface area (Å²) in [5.41, 5.74) is 0.938. The normalized spacial score (nSPS) is 10.6. The average Bonchev–Trinajstić information content (AvgIpc) is 2.91. The van der Waals surface area contributed by atoms with Crippen molar-refractivity contribution in [3.8, 4) is 11.4 Å². The fraction of sp³-hybridized carbons (Fsp3) is 0.133. The lowest BCUT2D eigenvalue weighted by Crippen LogP contribution is -2.02. The van der Waals surface area contributed by atoms with Gasteiger partial charge in [-0.25, -0.2) is 15.0 Å². The molecule has 0 amide bonds. The summed E-state index contributed by atoms with van der Waals surface area (Å²) in [7, 11) is 0. The molecule has 0 atom stereocenters. The highest BCUT2D eigenvalue weighted by atomic mass is 35.5. The molecule has 21 heavy (non-hydrogen) atoms. The molecule has 3 rings (SSSR count). The summed E-state index contributed by atoms with van der Waals surface area (Å²) in [5, 5.41) is 4.67. The molecule has 106 valence electrons. The molecular formula is C15H13ClN4S. The van der Waals surface area contributed by atoms with Crippen LogP contribution in [-0.4, -0.2) is 15.0 Å². The first-order chi connectivity index (χ1) is 10.2. The molecule has 0 aliphatic heterocycles. The Bertz CT molecular complexity index is 742. The molecule has 2 heterocycles. The van der Waals surface area contributed by atoms with Crippen molar-refractivity contribution in [1.29, 1.82) is 0 Å². The molecule has 0 bridgehead atoms. The van der Waals surface area contributed by atoms with E-state index in [1.165, 1.54) is 4.88 Å². The van der Waals surface area contributed by atoms with Crippen molar-refractivity contribution >= 4 is 28.8 Å². The maximum absolute atomic E-state index is 6.08. The lowest BCUT2D eigenvalue weighted by Gasteiger charge is -2.06. The van der Waals surface area contributed by atoms with Gasteiger partial charge < -0.3 is 5.32 Å². The molecule has 0 spiro atoms. The van der Waals surface area contributed by atoms with Gasteiger partial charge in [-0.05, 0) is 6.92 Å². The Morgan fingerprint density at radius 2 is 2.00 bits per heavy atom. The van der Waals surface area contributed by atoms with Crippen LogP contribution in [0.1, 0.15) is 9.88 Å². The summed E-state index contributed by atoms with van der Waals surface area (Å²) in [6.45, 7) is 2.66. The highest BCUT2D eigenvalue weighted by Gasteiger charge is 2.06. The Morgan fingerprint density at radius 3 is 2.71 bits per heavy atom. The number of aromatic nitrogens is 3. The predicted octanol–water partition coefficient (Wildman–Crippen LogP) is 4.17. The summed E-state index contributed by atoms with van der Waals surface area (Å²) >= 11 is 7.74. The van der Waals surface area contributed by atoms with E-state index in [2.05, 4.69) is 20.3 Å². The van der Waals surface area contributed by atoms with E-state index in [4.69, 9.17) is 11.6 Å². The molecule has 0 saturated carbocycles. The van der Waals surface area contributed by atoms with Crippen LogP contribution in [-0.2, 0) is 6.54 Å². The Morgan fingerprint density at radius 1 is 1.19 bits per heavy atom. The molecule has 0 saturated heterocycles. The lowest BCUT2D eigenvalue weighted by atomic mass is 10.2. The Hall–Kier alpha value is -1.98. The quantitative estimate of drug-likeness (QED) is 0.734. The molecule has 0 unspecified atom stereocenters. The van der Waals surface area contributed by atoms with E-state index in [9.17, 15) is 0 Å². The number of hydrogen-bond donors (Lipinski definition) is 1. The van der Waals surface area contributed by atoms with Crippen LogP contribution < -0.4 is 5.32 Å². The van der Waals surface area contributed by atoms with Crippen molar-refractivity contribution < 1.29 is 0 Å². The zero-order chi connectivity index (χ0) is 14.7. The van der Waals surface area contributed by atoms with Crippen LogP contribution in [0.3, 0.4) is 0 Å². The molecule has 3 aromatic rings. The van der Waals surface area contributed by atoms with Crippen molar-refractivity contribution in [2.24, 2.45) is 0 Å². The van der Waals surface area contributed by atoms with Crippen LogP contribution in [0.5, 0.6) is 0 Å². The second kappa shape index (κ2) is 6.20. The number of halogens is 1. The SMILES string of the molecule is Cc1cnc(CNc2cc(Cl)nc(-c3ccccc3)n2)s1. The van der Waals surface area contributed by atoms with Gasteiger partial charge in [0.2, 0.25) is 0 Å². The predicted molar refractivity (Wildman–Crippen MR) is 86.7 cm³/mol. The first-order valence-corrected chi connectivity index (χ1v) is 7.65. The van der Waals surface area contributed by atoms with Gasteiger partial charge in [0.1, 0.15) is 16.0 Å². The number of nitrogens with one attached hydrogen (secondary N) is 1. The van der Waals surface area contributed by atoms with Crippen molar-refractivity contribution in [3.05, 3.63) is 57.6 Å². The third kappa shape index (κ3) is 3.56. The van der Waals surface area contributed by atoms with Crippen molar-refractivity contribution in [2.45, 2.75) is 13.5 Å². The molecular weight excluding hydrogens is 304 g/mol. The van der Waals surface area contributed by atoms with Crippen molar-refractivity contribution in [1.82, 2.24) is 15.0 Å². The molecule has 1 N–H and O–H groups in total. The number of benzene rings is 1. The molecule has 4 nitrogen and oxygen atoms in total. The summed E-state index contributed by atoms with van der Waals surface area (Å²) in [6.07, 6.45) is 1.87. The minimum Gasteiger partial charge on any atom is -0.363 e. The summed E-state index contributed by atoms with van der Waals surface area (Å²) in [5.74, 6) is 1.31. The first kappa shape index (κ1) is 14.0. The minimum atomic E-state index is 0.418. The summed E-state index contributed by atoms with van der Waals surface area (Å²) in [6, 6.07) is 11.5. The topological polar surface area (TPSA) is 50.7 Å². The Labute approximate surface area is 131 Å². The van der Waals surface area contributed by atoms with Crippen LogP contribution in [0.15, 0.2) is 42.6 Å². The van der Waals surface area contributed by atoms with Crippen molar-refractivity contribution in [2.75, 3.05) is 5.32 Å². The van der Waals surface area contributed by atoms with Gasteiger partial charge in [0.05, 0.1) is 6.54 Å².